The second-order valence-electron chi connectivity index (χ2n) is 4.96. The summed E-state index contributed by atoms with van der Waals surface area (Å²) in [6.45, 7) is 1.43. The summed E-state index contributed by atoms with van der Waals surface area (Å²) in [5, 5.41) is 5.21. The maximum atomic E-state index is 5.88. The first kappa shape index (κ1) is 20.6. The standard InChI is InChI=1S/C17H23N3O2S.HI/c1-21-15-6-5-13(12-16(15)22-2)7-9-19-17(18)20-10-8-14-4-3-11-23-14;/h3-6,11-12H,7-10H2,1-2H3,(H3,18,19,20);1H. The molecule has 0 amide bonds. The van der Waals surface area contributed by atoms with Crippen molar-refractivity contribution in [2.24, 2.45) is 10.7 Å². The van der Waals surface area contributed by atoms with E-state index in [1.165, 1.54) is 4.88 Å². The molecule has 3 N–H and O–H groups in total. The summed E-state index contributed by atoms with van der Waals surface area (Å²) >= 11 is 1.74. The molecule has 2 aromatic rings. The lowest BCUT2D eigenvalue weighted by Gasteiger charge is -2.10. The fraction of sp³-hybridized carbons (Fsp3) is 0.353. The fourth-order valence-electron chi connectivity index (χ4n) is 2.17. The van der Waals surface area contributed by atoms with Crippen molar-refractivity contribution in [3.8, 4) is 11.5 Å². The number of guanidine groups is 1. The van der Waals surface area contributed by atoms with Crippen LogP contribution in [0.1, 0.15) is 10.4 Å². The zero-order valence-corrected chi connectivity index (χ0v) is 17.1. The molecule has 1 aromatic carbocycles. The van der Waals surface area contributed by atoms with Crippen molar-refractivity contribution in [3.05, 3.63) is 46.2 Å². The number of hydrogen-bond acceptors (Lipinski definition) is 4. The van der Waals surface area contributed by atoms with Crippen LogP contribution in [0.15, 0.2) is 40.7 Å². The van der Waals surface area contributed by atoms with Crippen LogP contribution in [0.4, 0.5) is 0 Å². The number of methoxy groups -OCH3 is 2. The molecule has 1 aromatic heterocycles. The van der Waals surface area contributed by atoms with Crippen LogP contribution in [0.5, 0.6) is 11.5 Å². The second-order valence-corrected chi connectivity index (χ2v) is 5.99. The van der Waals surface area contributed by atoms with Crippen molar-refractivity contribution in [1.29, 1.82) is 0 Å². The van der Waals surface area contributed by atoms with E-state index in [1.54, 1.807) is 25.6 Å². The largest absolute Gasteiger partial charge is 0.493 e. The van der Waals surface area contributed by atoms with Crippen LogP contribution in [-0.2, 0) is 12.8 Å². The van der Waals surface area contributed by atoms with Gasteiger partial charge in [-0.2, -0.15) is 0 Å². The summed E-state index contributed by atoms with van der Waals surface area (Å²) in [5.41, 5.74) is 7.03. The zero-order valence-electron chi connectivity index (χ0n) is 14.0. The average molecular weight is 461 g/mol. The van der Waals surface area contributed by atoms with Gasteiger partial charge in [-0.15, -0.1) is 35.3 Å². The summed E-state index contributed by atoms with van der Waals surface area (Å²) in [5.74, 6) is 1.96. The van der Waals surface area contributed by atoms with E-state index in [4.69, 9.17) is 15.2 Å². The van der Waals surface area contributed by atoms with Gasteiger partial charge in [0, 0.05) is 24.4 Å². The summed E-state index contributed by atoms with van der Waals surface area (Å²) in [6, 6.07) is 10.1. The third-order valence-corrected chi connectivity index (χ3v) is 4.32. The number of ether oxygens (including phenoxy) is 2. The Labute approximate surface area is 164 Å². The lowest BCUT2D eigenvalue weighted by molar-refractivity contribution is 0.354. The summed E-state index contributed by atoms with van der Waals surface area (Å²) in [6.07, 6.45) is 1.76. The molecule has 5 nitrogen and oxygen atoms in total. The minimum absolute atomic E-state index is 0. The van der Waals surface area contributed by atoms with Crippen LogP contribution in [0.25, 0.3) is 0 Å². The van der Waals surface area contributed by atoms with Crippen molar-refractivity contribution < 1.29 is 9.47 Å². The van der Waals surface area contributed by atoms with E-state index < -0.39 is 0 Å². The van der Waals surface area contributed by atoms with Gasteiger partial charge < -0.3 is 20.5 Å². The molecule has 0 unspecified atom stereocenters. The van der Waals surface area contributed by atoms with Crippen LogP contribution in [-0.4, -0.2) is 33.3 Å². The minimum atomic E-state index is 0. The molecular formula is C17H24IN3O2S. The Kier molecular flexibility index (Phi) is 9.55. The molecular weight excluding hydrogens is 437 g/mol. The topological polar surface area (TPSA) is 68.9 Å². The Bertz CT molecular complexity index is 633. The predicted octanol–water partition coefficient (Wildman–Crippen LogP) is 3.07. The lowest BCUT2D eigenvalue weighted by Crippen LogP contribution is -2.33. The van der Waals surface area contributed by atoms with Gasteiger partial charge in [-0.3, -0.25) is 4.99 Å². The Balaban J connectivity index is 0.00000288. The number of hydrogen-bond donors (Lipinski definition) is 2. The van der Waals surface area contributed by atoms with E-state index in [2.05, 4.69) is 27.8 Å². The molecule has 0 saturated heterocycles. The Morgan fingerprint density at radius 2 is 1.96 bits per heavy atom. The average Bonchev–Trinajstić information content (AvgIpc) is 3.08. The molecule has 24 heavy (non-hydrogen) atoms. The molecule has 7 heteroatoms. The van der Waals surface area contributed by atoms with Crippen molar-refractivity contribution in [2.45, 2.75) is 12.8 Å². The number of halogens is 1. The first-order valence-corrected chi connectivity index (χ1v) is 8.38. The molecule has 0 spiro atoms. The van der Waals surface area contributed by atoms with Crippen LogP contribution in [0.2, 0.25) is 0 Å². The number of nitrogens with two attached hydrogens (primary N) is 1. The van der Waals surface area contributed by atoms with E-state index in [9.17, 15) is 0 Å². The van der Waals surface area contributed by atoms with Crippen molar-refractivity contribution in [1.82, 2.24) is 5.32 Å². The zero-order chi connectivity index (χ0) is 16.5. The van der Waals surface area contributed by atoms with Crippen LogP contribution >= 0.6 is 35.3 Å². The maximum Gasteiger partial charge on any atom is 0.188 e. The van der Waals surface area contributed by atoms with Gasteiger partial charge in [0.2, 0.25) is 0 Å². The number of rotatable bonds is 8. The molecule has 132 valence electrons. The minimum Gasteiger partial charge on any atom is -0.493 e. The molecule has 0 atom stereocenters. The quantitative estimate of drug-likeness (QED) is 0.360. The summed E-state index contributed by atoms with van der Waals surface area (Å²) in [7, 11) is 3.27. The summed E-state index contributed by atoms with van der Waals surface area (Å²) < 4.78 is 10.5. The third-order valence-electron chi connectivity index (χ3n) is 3.39. The van der Waals surface area contributed by atoms with Crippen molar-refractivity contribution in [2.75, 3.05) is 27.3 Å². The van der Waals surface area contributed by atoms with Gasteiger partial charge in [0.25, 0.3) is 0 Å². The number of nitrogens with one attached hydrogen (secondary N) is 1. The van der Waals surface area contributed by atoms with Crippen molar-refractivity contribution >= 4 is 41.3 Å². The van der Waals surface area contributed by atoms with Gasteiger partial charge in [-0.05, 0) is 35.6 Å². The Hall–Kier alpha value is -1.48. The maximum absolute atomic E-state index is 5.88. The highest BCUT2D eigenvalue weighted by Crippen LogP contribution is 2.27. The number of thiophene rings is 1. The van der Waals surface area contributed by atoms with E-state index in [1.807, 2.05) is 18.2 Å². The number of benzene rings is 1. The van der Waals surface area contributed by atoms with Crippen LogP contribution in [0, 0.1) is 0 Å². The third kappa shape index (κ3) is 6.56. The normalized spacial score (nSPS) is 10.8. The Morgan fingerprint density at radius 3 is 2.62 bits per heavy atom. The van der Waals surface area contributed by atoms with E-state index in [0.717, 1.165) is 36.4 Å². The molecule has 0 fully saturated rings. The molecule has 0 radical (unpaired) electrons. The van der Waals surface area contributed by atoms with Gasteiger partial charge in [0.05, 0.1) is 14.2 Å². The highest BCUT2D eigenvalue weighted by Gasteiger charge is 2.04. The molecule has 0 saturated carbocycles. The van der Waals surface area contributed by atoms with Gasteiger partial charge in [0.15, 0.2) is 17.5 Å². The molecule has 0 aliphatic carbocycles. The first-order valence-electron chi connectivity index (χ1n) is 7.50. The monoisotopic (exact) mass is 461 g/mol. The van der Waals surface area contributed by atoms with Crippen LogP contribution in [0.3, 0.4) is 0 Å². The second kappa shape index (κ2) is 11.1. The molecule has 2 rings (SSSR count). The number of aliphatic imine (C=N–C) groups is 1. The van der Waals surface area contributed by atoms with Gasteiger partial charge in [-0.1, -0.05) is 12.1 Å². The fourth-order valence-corrected chi connectivity index (χ4v) is 2.87. The Morgan fingerprint density at radius 1 is 1.17 bits per heavy atom. The molecule has 0 aliphatic heterocycles. The van der Waals surface area contributed by atoms with Crippen LogP contribution < -0.4 is 20.5 Å². The van der Waals surface area contributed by atoms with E-state index in [-0.39, 0.29) is 24.0 Å². The predicted molar refractivity (Wildman–Crippen MR) is 111 cm³/mol. The number of nitrogens with zero attached hydrogens (tertiary/aromatic N) is 1. The van der Waals surface area contributed by atoms with Gasteiger partial charge in [-0.25, -0.2) is 0 Å². The molecule has 0 aliphatic rings. The molecule has 0 bridgehead atoms. The van der Waals surface area contributed by atoms with Gasteiger partial charge >= 0.3 is 0 Å². The smallest absolute Gasteiger partial charge is 0.188 e. The van der Waals surface area contributed by atoms with E-state index >= 15 is 0 Å². The lowest BCUT2D eigenvalue weighted by atomic mass is 10.1. The summed E-state index contributed by atoms with van der Waals surface area (Å²) in [4.78, 5) is 5.66. The first-order chi connectivity index (χ1) is 11.2. The highest BCUT2D eigenvalue weighted by atomic mass is 127. The van der Waals surface area contributed by atoms with E-state index in [0.29, 0.717) is 12.5 Å². The van der Waals surface area contributed by atoms with Crippen molar-refractivity contribution in [3.63, 3.8) is 0 Å². The molecule has 1 heterocycles. The van der Waals surface area contributed by atoms with Gasteiger partial charge in [0.1, 0.15) is 0 Å². The highest BCUT2D eigenvalue weighted by molar-refractivity contribution is 14.0. The SMILES string of the molecule is COc1ccc(CCNC(N)=NCCc2cccs2)cc1OC.I.